The molecule has 1 saturated heterocycles. The van der Waals surface area contributed by atoms with Gasteiger partial charge >= 0.3 is 0 Å². The molecule has 4 nitrogen and oxygen atoms in total. The molecular formula is C16H29N3O. The molecule has 1 aliphatic rings. The van der Waals surface area contributed by atoms with Crippen LogP contribution in [0.1, 0.15) is 59.6 Å². The van der Waals surface area contributed by atoms with Gasteiger partial charge in [-0.3, -0.25) is 0 Å². The zero-order valence-electron chi connectivity index (χ0n) is 13.6. The van der Waals surface area contributed by atoms with E-state index in [9.17, 15) is 0 Å². The molecule has 0 saturated carbocycles. The highest BCUT2D eigenvalue weighted by Gasteiger charge is 2.36. The normalized spacial score (nSPS) is 18.8. The van der Waals surface area contributed by atoms with Crippen LogP contribution in [0.3, 0.4) is 0 Å². The second-order valence-corrected chi connectivity index (χ2v) is 7.10. The van der Waals surface area contributed by atoms with Crippen LogP contribution in [0, 0.1) is 5.41 Å². The standard InChI is InChI=1S/C16H29N3O/c1-6-16(7-2)8-9-19(12-16)14-18-13(11-20-14)10-17-15(3,4)5/h11,17H,6-10,12H2,1-5H3. The molecule has 0 bridgehead atoms. The highest BCUT2D eigenvalue weighted by Crippen LogP contribution is 2.38. The predicted octanol–water partition coefficient (Wildman–Crippen LogP) is 3.58. The fourth-order valence-electron chi connectivity index (χ4n) is 2.80. The van der Waals surface area contributed by atoms with E-state index in [4.69, 9.17) is 4.42 Å². The van der Waals surface area contributed by atoms with Crippen LogP contribution in [-0.2, 0) is 6.54 Å². The van der Waals surface area contributed by atoms with E-state index in [0.717, 1.165) is 31.3 Å². The summed E-state index contributed by atoms with van der Waals surface area (Å²) in [5.74, 6) is 0. The van der Waals surface area contributed by atoms with Gasteiger partial charge in [-0.2, -0.15) is 4.98 Å². The van der Waals surface area contributed by atoms with Crippen molar-refractivity contribution in [3.8, 4) is 0 Å². The van der Waals surface area contributed by atoms with Crippen molar-refractivity contribution >= 4 is 6.01 Å². The lowest BCUT2D eigenvalue weighted by Crippen LogP contribution is -2.35. The van der Waals surface area contributed by atoms with Crippen molar-refractivity contribution in [3.63, 3.8) is 0 Å². The maximum Gasteiger partial charge on any atom is 0.297 e. The highest BCUT2D eigenvalue weighted by molar-refractivity contribution is 5.30. The molecule has 1 aromatic rings. The third-order valence-electron chi connectivity index (χ3n) is 4.55. The third kappa shape index (κ3) is 3.54. The molecule has 2 heterocycles. The summed E-state index contributed by atoms with van der Waals surface area (Å²) in [5, 5.41) is 3.44. The number of anilines is 1. The lowest BCUT2D eigenvalue weighted by Gasteiger charge is -2.25. The van der Waals surface area contributed by atoms with Gasteiger partial charge in [0.15, 0.2) is 0 Å². The summed E-state index contributed by atoms with van der Waals surface area (Å²) >= 11 is 0. The van der Waals surface area contributed by atoms with Gasteiger partial charge in [-0.05, 0) is 45.4 Å². The van der Waals surface area contributed by atoms with E-state index in [1.54, 1.807) is 6.26 Å². The average Bonchev–Trinajstić information content (AvgIpc) is 3.03. The van der Waals surface area contributed by atoms with E-state index in [0.29, 0.717) is 5.41 Å². The fourth-order valence-corrected chi connectivity index (χ4v) is 2.80. The molecule has 0 spiro atoms. The van der Waals surface area contributed by atoms with Crippen LogP contribution in [0.15, 0.2) is 10.7 Å². The maximum atomic E-state index is 5.67. The number of hydrogen-bond donors (Lipinski definition) is 1. The van der Waals surface area contributed by atoms with Gasteiger partial charge in [0, 0.05) is 25.2 Å². The predicted molar refractivity (Wildman–Crippen MR) is 82.9 cm³/mol. The Labute approximate surface area is 122 Å². The van der Waals surface area contributed by atoms with E-state index in [1.807, 2.05) is 0 Å². The molecule has 0 unspecified atom stereocenters. The summed E-state index contributed by atoms with van der Waals surface area (Å²) in [6.07, 6.45) is 5.50. The molecule has 0 aromatic carbocycles. The van der Waals surface area contributed by atoms with E-state index in [-0.39, 0.29) is 5.54 Å². The van der Waals surface area contributed by atoms with Crippen LogP contribution in [0.5, 0.6) is 0 Å². The molecule has 2 rings (SSSR count). The Morgan fingerprint density at radius 3 is 2.60 bits per heavy atom. The molecule has 0 atom stereocenters. The quantitative estimate of drug-likeness (QED) is 0.894. The summed E-state index contributed by atoms with van der Waals surface area (Å²) in [6, 6.07) is 0.791. The van der Waals surface area contributed by atoms with Crippen LogP contribution in [0.25, 0.3) is 0 Å². The van der Waals surface area contributed by atoms with Crippen molar-refractivity contribution < 1.29 is 4.42 Å². The van der Waals surface area contributed by atoms with Gasteiger partial charge in [0.25, 0.3) is 6.01 Å². The van der Waals surface area contributed by atoms with Gasteiger partial charge in [0.2, 0.25) is 0 Å². The Kier molecular flexibility index (Phi) is 4.43. The number of hydrogen-bond acceptors (Lipinski definition) is 4. The fraction of sp³-hybridized carbons (Fsp3) is 0.812. The molecule has 114 valence electrons. The molecule has 20 heavy (non-hydrogen) atoms. The van der Waals surface area contributed by atoms with E-state index < -0.39 is 0 Å². The largest absolute Gasteiger partial charge is 0.432 e. The molecule has 1 fully saturated rings. The third-order valence-corrected chi connectivity index (χ3v) is 4.55. The highest BCUT2D eigenvalue weighted by atomic mass is 16.4. The number of rotatable bonds is 5. The molecule has 1 N–H and O–H groups in total. The van der Waals surface area contributed by atoms with E-state index in [2.05, 4.69) is 49.8 Å². The molecule has 1 aromatic heterocycles. The first-order valence-electron chi connectivity index (χ1n) is 7.82. The maximum absolute atomic E-state index is 5.67. The second-order valence-electron chi connectivity index (χ2n) is 7.10. The van der Waals surface area contributed by atoms with Gasteiger partial charge < -0.3 is 14.6 Å². The number of nitrogens with one attached hydrogen (secondary N) is 1. The van der Waals surface area contributed by atoms with Gasteiger partial charge in [-0.1, -0.05) is 13.8 Å². The smallest absolute Gasteiger partial charge is 0.297 e. The molecular weight excluding hydrogens is 250 g/mol. The molecule has 0 radical (unpaired) electrons. The van der Waals surface area contributed by atoms with E-state index >= 15 is 0 Å². The topological polar surface area (TPSA) is 41.3 Å². The first kappa shape index (κ1) is 15.4. The van der Waals surface area contributed by atoms with Crippen LogP contribution in [0.2, 0.25) is 0 Å². The summed E-state index contributed by atoms with van der Waals surface area (Å²) < 4.78 is 5.67. The zero-order valence-corrected chi connectivity index (χ0v) is 13.6. The van der Waals surface area contributed by atoms with Crippen molar-refractivity contribution in [2.75, 3.05) is 18.0 Å². The summed E-state index contributed by atoms with van der Waals surface area (Å²) in [5.41, 5.74) is 1.55. The van der Waals surface area contributed by atoms with Crippen LogP contribution in [0.4, 0.5) is 6.01 Å². The van der Waals surface area contributed by atoms with Crippen LogP contribution >= 0.6 is 0 Å². The van der Waals surface area contributed by atoms with Crippen molar-refractivity contribution in [3.05, 3.63) is 12.0 Å². The summed E-state index contributed by atoms with van der Waals surface area (Å²) in [4.78, 5) is 6.93. The lowest BCUT2D eigenvalue weighted by atomic mass is 9.82. The minimum Gasteiger partial charge on any atom is -0.432 e. The monoisotopic (exact) mass is 279 g/mol. The Morgan fingerprint density at radius 2 is 2.05 bits per heavy atom. The lowest BCUT2D eigenvalue weighted by molar-refractivity contribution is 0.300. The molecule has 0 aliphatic carbocycles. The van der Waals surface area contributed by atoms with Crippen molar-refractivity contribution in [1.82, 2.24) is 10.3 Å². The van der Waals surface area contributed by atoms with Gasteiger partial charge in [-0.15, -0.1) is 0 Å². The average molecular weight is 279 g/mol. The van der Waals surface area contributed by atoms with Gasteiger partial charge in [0.1, 0.15) is 6.26 Å². The van der Waals surface area contributed by atoms with Gasteiger partial charge in [-0.25, -0.2) is 0 Å². The van der Waals surface area contributed by atoms with Crippen LogP contribution in [-0.4, -0.2) is 23.6 Å². The second kappa shape index (κ2) is 5.76. The Morgan fingerprint density at radius 1 is 1.35 bits per heavy atom. The minimum absolute atomic E-state index is 0.104. The first-order chi connectivity index (χ1) is 9.37. The van der Waals surface area contributed by atoms with Crippen LogP contribution < -0.4 is 10.2 Å². The van der Waals surface area contributed by atoms with Crippen molar-refractivity contribution in [2.45, 2.75) is 66.0 Å². The molecule has 1 aliphatic heterocycles. The number of aromatic nitrogens is 1. The summed E-state index contributed by atoms with van der Waals surface area (Å²) in [7, 11) is 0. The van der Waals surface area contributed by atoms with Gasteiger partial charge in [0.05, 0.1) is 5.69 Å². The Bertz CT molecular complexity index is 429. The number of oxazole rings is 1. The van der Waals surface area contributed by atoms with Crippen molar-refractivity contribution in [2.24, 2.45) is 5.41 Å². The Balaban J connectivity index is 1.96. The zero-order chi connectivity index (χ0) is 14.8. The van der Waals surface area contributed by atoms with Crippen molar-refractivity contribution in [1.29, 1.82) is 0 Å². The Hall–Kier alpha value is -1.03. The molecule has 4 heteroatoms. The first-order valence-corrected chi connectivity index (χ1v) is 7.82. The van der Waals surface area contributed by atoms with E-state index in [1.165, 1.54) is 19.3 Å². The SMILES string of the molecule is CCC1(CC)CCN(c2nc(CNC(C)(C)C)co2)C1. The molecule has 0 amide bonds. The number of nitrogens with zero attached hydrogens (tertiary/aromatic N) is 2. The minimum atomic E-state index is 0.104. The summed E-state index contributed by atoms with van der Waals surface area (Å²) in [6.45, 7) is 14.0.